The van der Waals surface area contributed by atoms with Crippen LogP contribution in [0.15, 0.2) is 0 Å². The molecule has 0 aromatic rings. The molecule has 0 aromatic carbocycles. The second kappa shape index (κ2) is 6.06. The number of unbranched alkanes of at least 4 members (excludes halogenated alkanes) is 1. The Morgan fingerprint density at radius 2 is 1.76 bits per heavy atom. The van der Waals surface area contributed by atoms with Crippen molar-refractivity contribution in [3.63, 3.8) is 0 Å². The molecular weight excluding hydrogens is 277 g/mol. The van der Waals surface area contributed by atoms with Crippen LogP contribution in [0.2, 0.25) is 0 Å². The van der Waals surface area contributed by atoms with Crippen LogP contribution in [-0.2, 0) is 13.6 Å². The summed E-state index contributed by atoms with van der Waals surface area (Å²) in [7, 11) is -5.85. The monoisotopic (exact) mass is 288 g/mol. The van der Waals surface area contributed by atoms with Gasteiger partial charge in [-0.15, -0.1) is 4.20 Å². The quantitative estimate of drug-likeness (QED) is 0.383. The van der Waals surface area contributed by atoms with Crippen molar-refractivity contribution >= 4 is 7.91 Å². The van der Waals surface area contributed by atoms with Gasteiger partial charge in [-0.1, -0.05) is 13.3 Å². The van der Waals surface area contributed by atoms with E-state index in [2.05, 4.69) is 9.05 Å². The maximum absolute atomic E-state index is 12.8. The lowest BCUT2D eigenvalue weighted by molar-refractivity contribution is -0.317. The Morgan fingerprint density at radius 3 is 2.18 bits per heavy atom. The zero-order valence-electron chi connectivity index (χ0n) is 8.77. The van der Waals surface area contributed by atoms with Crippen LogP contribution in [0.25, 0.3) is 0 Å². The molecule has 0 aliphatic carbocycles. The molecule has 0 fully saturated rings. The average Bonchev–Trinajstić information content (AvgIpc) is 2.16. The van der Waals surface area contributed by atoms with Gasteiger partial charge in [-0.05, 0) is 6.42 Å². The lowest BCUT2D eigenvalue weighted by atomic mass is 10.3. The van der Waals surface area contributed by atoms with Crippen molar-refractivity contribution in [3.05, 3.63) is 0 Å². The van der Waals surface area contributed by atoms with Crippen LogP contribution in [0.5, 0.6) is 0 Å². The summed E-state index contributed by atoms with van der Waals surface area (Å²) in [6, 6.07) is 0. The van der Waals surface area contributed by atoms with E-state index in [1.807, 2.05) is 0 Å². The van der Waals surface area contributed by atoms with Gasteiger partial charge in [0, 0.05) is 0 Å². The number of rotatable bonds is 8. The molecule has 0 aliphatic rings. The number of hydrogen-bond donors (Lipinski definition) is 0. The number of halogens is 6. The molecule has 0 N–H and O–H groups in total. The van der Waals surface area contributed by atoms with Crippen molar-refractivity contribution in [1.82, 2.24) is 0 Å². The summed E-state index contributed by atoms with van der Waals surface area (Å²) >= 11 is 0. The first-order valence-corrected chi connectivity index (χ1v) is 5.98. The molecule has 104 valence electrons. The molecule has 3 nitrogen and oxygen atoms in total. The smallest absolute Gasteiger partial charge is 0.283 e. The zero-order chi connectivity index (χ0) is 13.7. The zero-order valence-corrected chi connectivity index (χ0v) is 9.66. The molecule has 1 unspecified atom stereocenters. The van der Waals surface area contributed by atoms with E-state index >= 15 is 0 Å². The van der Waals surface area contributed by atoms with Crippen molar-refractivity contribution in [2.75, 3.05) is 13.3 Å². The Bertz CT molecular complexity index is 285. The van der Waals surface area contributed by atoms with Crippen LogP contribution >= 0.6 is 7.91 Å². The first kappa shape index (κ1) is 16.7. The predicted octanol–water partition coefficient (Wildman–Crippen LogP) is 4.09. The molecule has 0 saturated heterocycles. The standard InChI is InChI=1S/C7H11F6O3P/c1-2-3-4-15-17(13,14)16-7(11,12)6(9,10)5-8/h2-5H2,1H3. The number of alkyl halides is 5. The van der Waals surface area contributed by atoms with Crippen LogP contribution in [0.4, 0.5) is 26.1 Å². The van der Waals surface area contributed by atoms with Crippen LogP contribution in [0.1, 0.15) is 19.8 Å². The van der Waals surface area contributed by atoms with E-state index in [0.717, 1.165) is 0 Å². The molecule has 0 aromatic heterocycles. The van der Waals surface area contributed by atoms with E-state index < -0.39 is 33.2 Å². The Morgan fingerprint density at radius 1 is 1.24 bits per heavy atom. The van der Waals surface area contributed by atoms with E-state index in [1.165, 1.54) is 0 Å². The van der Waals surface area contributed by atoms with Crippen LogP contribution < -0.4 is 0 Å². The van der Waals surface area contributed by atoms with Gasteiger partial charge in [-0.3, -0.25) is 4.52 Å². The molecule has 0 heterocycles. The molecular formula is C7H11F6O3P. The van der Waals surface area contributed by atoms with E-state index in [4.69, 9.17) is 0 Å². The maximum atomic E-state index is 12.8. The Labute approximate surface area is 93.7 Å². The summed E-state index contributed by atoms with van der Waals surface area (Å²) in [6.07, 6.45) is -4.91. The van der Waals surface area contributed by atoms with Crippen LogP contribution in [0.3, 0.4) is 0 Å². The normalized spacial score (nSPS) is 16.9. The van der Waals surface area contributed by atoms with Gasteiger partial charge in [0.1, 0.15) is 0 Å². The van der Waals surface area contributed by atoms with Crippen LogP contribution in [-0.4, -0.2) is 25.3 Å². The third kappa shape index (κ3) is 5.27. The van der Waals surface area contributed by atoms with Gasteiger partial charge < -0.3 is 0 Å². The molecule has 0 aliphatic heterocycles. The Kier molecular flexibility index (Phi) is 5.96. The van der Waals surface area contributed by atoms with Gasteiger partial charge in [-0.25, -0.2) is 13.5 Å². The van der Waals surface area contributed by atoms with Crippen molar-refractivity contribution in [1.29, 1.82) is 0 Å². The Hall–Kier alpha value is -0.270. The molecule has 1 atom stereocenters. The largest absolute Gasteiger partial charge is 0.518 e. The first-order chi connectivity index (χ1) is 7.58. The molecule has 0 amide bonds. The predicted molar refractivity (Wildman–Crippen MR) is 46.5 cm³/mol. The van der Waals surface area contributed by atoms with E-state index in [-0.39, 0.29) is 6.42 Å². The second-order valence-corrected chi connectivity index (χ2v) is 4.37. The SMILES string of the molecule is CCCCOP(=O)(F)OC(F)(F)C(F)(F)CF. The summed E-state index contributed by atoms with van der Waals surface area (Å²) in [4.78, 5) is 0. The summed E-state index contributed by atoms with van der Waals surface area (Å²) in [5.41, 5.74) is 0. The minimum atomic E-state index is -5.85. The summed E-state index contributed by atoms with van der Waals surface area (Å²) in [6.45, 7) is -1.68. The maximum Gasteiger partial charge on any atom is 0.518 e. The highest BCUT2D eigenvalue weighted by Gasteiger charge is 2.62. The van der Waals surface area contributed by atoms with Crippen molar-refractivity contribution in [3.8, 4) is 0 Å². The van der Waals surface area contributed by atoms with Crippen molar-refractivity contribution in [2.24, 2.45) is 0 Å². The third-order valence-electron chi connectivity index (χ3n) is 1.56. The van der Waals surface area contributed by atoms with E-state index in [9.17, 15) is 30.7 Å². The molecule has 0 spiro atoms. The minimum absolute atomic E-state index is 0.169. The van der Waals surface area contributed by atoms with Gasteiger partial charge in [0.15, 0.2) is 6.67 Å². The summed E-state index contributed by atoms with van der Waals surface area (Å²) in [5, 5.41) is 0. The van der Waals surface area contributed by atoms with Gasteiger partial charge in [0.05, 0.1) is 6.61 Å². The van der Waals surface area contributed by atoms with Gasteiger partial charge in [0.2, 0.25) is 0 Å². The molecule has 10 heteroatoms. The van der Waals surface area contributed by atoms with E-state index in [1.54, 1.807) is 6.92 Å². The molecule has 0 saturated carbocycles. The van der Waals surface area contributed by atoms with E-state index in [0.29, 0.717) is 6.42 Å². The van der Waals surface area contributed by atoms with Gasteiger partial charge >= 0.3 is 19.9 Å². The van der Waals surface area contributed by atoms with Gasteiger partial charge in [0.25, 0.3) is 0 Å². The fraction of sp³-hybridized carbons (Fsp3) is 1.00. The molecule has 0 rings (SSSR count). The van der Waals surface area contributed by atoms with Crippen molar-refractivity contribution < 1.29 is 39.8 Å². The minimum Gasteiger partial charge on any atom is -0.283 e. The average molecular weight is 288 g/mol. The lowest BCUT2D eigenvalue weighted by Crippen LogP contribution is -2.43. The Balaban J connectivity index is 4.53. The topological polar surface area (TPSA) is 35.5 Å². The van der Waals surface area contributed by atoms with Gasteiger partial charge in [-0.2, -0.15) is 17.6 Å². The highest BCUT2D eigenvalue weighted by Crippen LogP contribution is 2.56. The third-order valence-corrected chi connectivity index (χ3v) is 2.50. The number of hydrogen-bond acceptors (Lipinski definition) is 3. The summed E-state index contributed by atoms with van der Waals surface area (Å²) < 4.78 is 91.0. The first-order valence-electron chi connectivity index (χ1n) is 4.54. The second-order valence-electron chi connectivity index (χ2n) is 3.06. The molecule has 0 radical (unpaired) electrons. The van der Waals surface area contributed by atoms with Crippen molar-refractivity contribution in [2.45, 2.75) is 31.8 Å². The highest BCUT2D eigenvalue weighted by molar-refractivity contribution is 7.48. The summed E-state index contributed by atoms with van der Waals surface area (Å²) in [5.74, 6) is -5.27. The fourth-order valence-electron chi connectivity index (χ4n) is 0.626. The fourth-order valence-corrected chi connectivity index (χ4v) is 1.43. The van der Waals surface area contributed by atoms with Crippen LogP contribution in [0, 0.1) is 0 Å². The molecule has 0 bridgehead atoms. The highest BCUT2D eigenvalue weighted by atomic mass is 31.2. The lowest BCUT2D eigenvalue weighted by Gasteiger charge is -2.24. The molecule has 17 heavy (non-hydrogen) atoms.